The van der Waals surface area contributed by atoms with Gasteiger partial charge in [-0.15, -0.1) is 0 Å². The van der Waals surface area contributed by atoms with Crippen molar-refractivity contribution in [1.82, 2.24) is 14.3 Å². The molecule has 4 aromatic carbocycles. The Morgan fingerprint density at radius 1 is 0.519 bits per heavy atom. The molecular formula is C45H55Cl2N3PRu+. The van der Waals surface area contributed by atoms with Crippen LogP contribution in [0.5, 0.6) is 0 Å². The monoisotopic (exact) mass is 840 g/mol. The Hall–Kier alpha value is -2.48. The van der Waals surface area contributed by atoms with Crippen molar-refractivity contribution in [2.75, 3.05) is 0 Å². The molecule has 0 radical (unpaired) electrons. The number of nitrogens with zero attached hydrogens (tertiary/aromatic N) is 3. The van der Waals surface area contributed by atoms with Crippen molar-refractivity contribution in [2.24, 2.45) is 0 Å². The predicted molar refractivity (Wildman–Crippen MR) is 224 cm³/mol. The molecule has 3 aliphatic carbocycles. The maximum atomic E-state index is 7.31. The van der Waals surface area contributed by atoms with E-state index in [9.17, 15) is 0 Å². The second kappa shape index (κ2) is 18.7. The first-order valence-corrected chi connectivity index (χ1v) is 27.8. The van der Waals surface area contributed by atoms with E-state index in [1.807, 2.05) is 106 Å². The first-order valence-electron chi connectivity index (χ1n) is 19.7. The summed E-state index contributed by atoms with van der Waals surface area (Å²) in [5, 5.41) is 5.07. The van der Waals surface area contributed by atoms with Gasteiger partial charge < -0.3 is 0 Å². The van der Waals surface area contributed by atoms with Crippen LogP contribution in [-0.4, -0.2) is 35.9 Å². The van der Waals surface area contributed by atoms with Gasteiger partial charge in [0.25, 0.3) is 0 Å². The van der Waals surface area contributed by atoms with Crippen LogP contribution in [0.2, 0.25) is 0 Å². The van der Waals surface area contributed by atoms with Gasteiger partial charge in [0.15, 0.2) is 0 Å². The van der Waals surface area contributed by atoms with E-state index in [4.69, 9.17) is 24.5 Å². The summed E-state index contributed by atoms with van der Waals surface area (Å²) >= 11 is -3.61. The molecular weight excluding hydrogens is 785 g/mol. The van der Waals surface area contributed by atoms with Crippen molar-refractivity contribution in [3.8, 4) is 22.8 Å². The van der Waals surface area contributed by atoms with Crippen LogP contribution in [0.25, 0.3) is 22.8 Å². The first kappa shape index (κ1) is 37.8. The molecule has 0 saturated heterocycles. The molecule has 0 unspecified atom stereocenters. The van der Waals surface area contributed by atoms with Crippen molar-refractivity contribution >= 4 is 31.9 Å². The maximum absolute atomic E-state index is 7.31. The normalized spacial score (nSPS) is 18.1. The molecule has 3 saturated carbocycles. The fourth-order valence-electron chi connectivity index (χ4n) is 8.89. The summed E-state index contributed by atoms with van der Waals surface area (Å²) in [6.45, 7) is 0. The average molecular weight is 841 g/mol. The van der Waals surface area contributed by atoms with Crippen molar-refractivity contribution in [3.63, 3.8) is 0 Å². The van der Waals surface area contributed by atoms with Crippen LogP contribution in [0.15, 0.2) is 121 Å². The van der Waals surface area contributed by atoms with Crippen LogP contribution >= 0.6 is 27.3 Å². The van der Waals surface area contributed by atoms with Crippen LogP contribution in [0, 0.1) is 4.01 Å². The summed E-state index contributed by atoms with van der Waals surface area (Å²) in [7, 11) is 14.6. The zero-order chi connectivity index (χ0) is 35.6. The van der Waals surface area contributed by atoms with E-state index in [1.54, 1.807) is 96.3 Å². The number of rotatable bonds is 7. The van der Waals surface area contributed by atoms with E-state index in [-0.39, 0.29) is 7.92 Å². The van der Waals surface area contributed by atoms with Gasteiger partial charge in [0.05, 0.1) is 17.0 Å². The van der Waals surface area contributed by atoms with Gasteiger partial charge in [-0.2, -0.15) is 0 Å². The van der Waals surface area contributed by atoms with Crippen molar-refractivity contribution in [3.05, 3.63) is 131 Å². The van der Waals surface area contributed by atoms with Crippen LogP contribution < -0.4 is 0 Å². The minimum atomic E-state index is -3.61. The Morgan fingerprint density at radius 2 is 0.923 bits per heavy atom. The van der Waals surface area contributed by atoms with Gasteiger partial charge in [0.1, 0.15) is 0 Å². The number of benzene rings is 4. The summed E-state index contributed by atoms with van der Waals surface area (Å²) < 4.78 is 6.81. The molecule has 5 aromatic rings. The van der Waals surface area contributed by atoms with E-state index in [2.05, 4.69) is 28.8 Å². The Balaban J connectivity index is 0.000000187. The summed E-state index contributed by atoms with van der Waals surface area (Å²) in [4.78, 5) is 0. The number of hydrogen-bond donors (Lipinski definition) is 0. The van der Waals surface area contributed by atoms with Crippen molar-refractivity contribution in [1.29, 1.82) is 0 Å². The fourth-order valence-corrected chi connectivity index (χ4v) is 19.6. The second-order valence-electron chi connectivity index (χ2n) is 14.8. The molecule has 0 atom stereocenters. The molecule has 8 rings (SSSR count). The molecule has 1 heterocycles. The number of para-hydroxylation sites is 2. The molecule has 0 amide bonds. The predicted octanol–water partition coefficient (Wildman–Crippen LogP) is 13.4. The molecule has 0 aliphatic heterocycles. The zero-order valence-corrected chi connectivity index (χ0v) is 34.7. The minimum absolute atomic E-state index is 0.0465. The topological polar surface area (TPSA) is 22.8 Å². The summed E-state index contributed by atoms with van der Waals surface area (Å²) in [6.07, 6.45) is 23.8. The third-order valence-corrected chi connectivity index (χ3v) is 21.2. The van der Waals surface area contributed by atoms with E-state index >= 15 is 0 Å². The summed E-state index contributed by atoms with van der Waals surface area (Å²) in [5.74, 6) is 0.786. The molecule has 3 fully saturated rings. The van der Waals surface area contributed by atoms with Crippen LogP contribution in [0.1, 0.15) is 102 Å². The molecule has 1 aromatic heterocycles. The Bertz CT molecular complexity index is 1930. The molecule has 7 heteroatoms. The van der Waals surface area contributed by atoms with Gasteiger partial charge in [0, 0.05) is 7.92 Å². The summed E-state index contributed by atoms with van der Waals surface area (Å²) in [5.41, 5.74) is 7.53. The van der Waals surface area contributed by atoms with E-state index in [1.165, 1.54) is 17.0 Å². The van der Waals surface area contributed by atoms with E-state index in [0.717, 1.165) is 32.3 Å². The van der Waals surface area contributed by atoms with Gasteiger partial charge in [0.2, 0.25) is 0 Å². The third-order valence-electron chi connectivity index (χ3n) is 11.3. The summed E-state index contributed by atoms with van der Waals surface area (Å²) in [6, 6.07) is 40.3. The molecule has 3 nitrogen and oxygen atoms in total. The van der Waals surface area contributed by atoms with Crippen molar-refractivity contribution in [2.45, 2.75) is 113 Å². The number of aromatic nitrogens is 3. The van der Waals surface area contributed by atoms with Gasteiger partial charge in [-0.1, -0.05) is 19.3 Å². The average Bonchev–Trinajstić information content (AvgIpc) is 3.63. The Kier molecular flexibility index (Phi) is 13.6. The fraction of sp³-hybridized carbons (Fsp3) is 0.400. The second-order valence-corrected chi connectivity index (χ2v) is 27.5. The molecule has 0 bridgehead atoms. The van der Waals surface area contributed by atoms with Gasteiger partial charge >= 0.3 is 204 Å². The van der Waals surface area contributed by atoms with Crippen molar-refractivity contribution < 1.29 is 11.9 Å². The van der Waals surface area contributed by atoms with Crippen LogP contribution in [0.3, 0.4) is 0 Å². The molecule has 3 aliphatic rings. The molecule has 276 valence electrons. The molecule has 0 spiro atoms. The van der Waals surface area contributed by atoms with Gasteiger partial charge in [-0.3, -0.25) is 0 Å². The first-order chi connectivity index (χ1) is 25.6. The van der Waals surface area contributed by atoms with E-state index in [0.29, 0.717) is 0 Å². The van der Waals surface area contributed by atoms with E-state index < -0.39 is 11.9 Å². The molecule has 0 N–H and O–H groups in total. The van der Waals surface area contributed by atoms with Crippen LogP contribution in [0.4, 0.5) is 0 Å². The zero-order valence-electron chi connectivity index (χ0n) is 30.4. The SMILES string of the molecule is C1CCC([PH+](C2CCCCC2)C2CCCCC2)CC1.[Cl][Ru]([Cl])(=[CH]c1ccccc1)=[c]1n(-c2ccccc2)nc(-c2ccccc2)n1-c1ccccc1. The Labute approximate surface area is 323 Å². The quantitative estimate of drug-likeness (QED) is 0.118. The van der Waals surface area contributed by atoms with Crippen LogP contribution in [-0.2, 0) is 11.9 Å². The van der Waals surface area contributed by atoms with Gasteiger partial charge in [-0.05, 0) is 77.0 Å². The standard InChI is InChI=1S/C20H15N3.C18H33P.C7H6.2ClH.Ru/c1-4-10-17(11-5-1)20-21-23(19-14-8-3-9-15-19)16-22(20)18-12-6-2-7-13-18;1-4-10-16(11-5-1)19(17-12-6-2-7-13-17)18-14-8-3-9-15-18;1-7-5-3-2-4-6-7;;;/h1-15H;16-18H,1-15H2;1-6H;2*1H;/q;;;;;+2/p-1. The number of halogens is 2. The third kappa shape index (κ3) is 9.42. The molecule has 52 heavy (non-hydrogen) atoms. The van der Waals surface area contributed by atoms with Gasteiger partial charge in [-0.25, -0.2) is 0 Å². The Morgan fingerprint density at radius 3 is 1.38 bits per heavy atom. The number of hydrogen-bond acceptors (Lipinski definition) is 1.